The zero-order valence-corrected chi connectivity index (χ0v) is 7.01. The second-order valence-electron chi connectivity index (χ2n) is 1.28. The van der Waals surface area contributed by atoms with Gasteiger partial charge in [-0.3, -0.25) is 0 Å². The Labute approximate surface area is 62.3 Å². The van der Waals surface area contributed by atoms with Gasteiger partial charge < -0.3 is 9.90 Å². The number of rotatable bonds is 1. The number of nitrogens with zero attached hydrogens (tertiary/aromatic N) is 1. The number of hydrogen-bond acceptors (Lipinski definition) is 3. The highest BCUT2D eigenvalue weighted by Gasteiger charge is 1.76. The lowest BCUT2D eigenvalue weighted by Crippen LogP contribution is -1.80. The van der Waals surface area contributed by atoms with Gasteiger partial charge in [0, 0.05) is 20.5 Å². The highest BCUT2D eigenvalue weighted by Crippen LogP contribution is 1.71. The first-order valence-corrected chi connectivity index (χ1v) is 2.94. The van der Waals surface area contributed by atoms with E-state index in [9.17, 15) is 4.79 Å². The number of aliphatic hydroxyl groups excluding tert-OH is 1. The quantitative estimate of drug-likeness (QED) is 0.601. The molecule has 1 N–H and O–H groups in total. The van der Waals surface area contributed by atoms with Crippen LogP contribution in [0.15, 0.2) is 0 Å². The molecule has 0 rings (SSSR count). The minimum Gasteiger partial charge on any atom is -0.400 e. The molecular formula is C7H15NO2. The summed E-state index contributed by atoms with van der Waals surface area (Å²) in [5, 5.41) is 14.3. The van der Waals surface area contributed by atoms with Crippen LogP contribution in [0.25, 0.3) is 0 Å². The first-order valence-electron chi connectivity index (χ1n) is 2.94. The topological polar surface area (TPSA) is 61.1 Å². The third-order valence-corrected chi connectivity index (χ3v) is 0.498. The zero-order chi connectivity index (χ0) is 8.99. The van der Waals surface area contributed by atoms with Gasteiger partial charge in [-0.05, 0) is 6.92 Å². The number of hydrogen-bond donors (Lipinski definition) is 1. The lowest BCUT2D eigenvalue weighted by atomic mass is 10.4. The SMILES string of the molecule is CC#N.CCC(C)=O.CO. The van der Waals surface area contributed by atoms with Crippen molar-refractivity contribution in [1.29, 1.82) is 5.26 Å². The van der Waals surface area contributed by atoms with Crippen LogP contribution in [-0.4, -0.2) is 18.0 Å². The van der Waals surface area contributed by atoms with Crippen molar-refractivity contribution in [3.63, 3.8) is 0 Å². The van der Waals surface area contributed by atoms with Crippen molar-refractivity contribution in [1.82, 2.24) is 0 Å². The molecule has 60 valence electrons. The molecule has 10 heavy (non-hydrogen) atoms. The number of ketones is 1. The summed E-state index contributed by atoms with van der Waals surface area (Å²) in [6.45, 7) is 4.86. The van der Waals surface area contributed by atoms with E-state index in [-0.39, 0.29) is 5.78 Å². The molecule has 0 spiro atoms. The van der Waals surface area contributed by atoms with E-state index in [0.717, 1.165) is 7.11 Å². The van der Waals surface area contributed by atoms with Crippen LogP contribution in [0.2, 0.25) is 0 Å². The maximum atomic E-state index is 9.81. The molecular weight excluding hydrogens is 130 g/mol. The van der Waals surface area contributed by atoms with Gasteiger partial charge >= 0.3 is 0 Å². The van der Waals surface area contributed by atoms with Crippen LogP contribution in [0.4, 0.5) is 0 Å². The highest BCUT2D eigenvalue weighted by molar-refractivity contribution is 5.74. The third kappa shape index (κ3) is 213. The van der Waals surface area contributed by atoms with E-state index in [0.29, 0.717) is 6.42 Å². The van der Waals surface area contributed by atoms with E-state index in [4.69, 9.17) is 10.4 Å². The molecule has 0 aliphatic carbocycles. The largest absolute Gasteiger partial charge is 0.400 e. The Morgan fingerprint density at radius 2 is 1.70 bits per heavy atom. The predicted octanol–water partition coefficient (Wildman–Crippen LogP) is 1.12. The van der Waals surface area contributed by atoms with Crippen LogP contribution in [0, 0.1) is 11.3 Å². The van der Waals surface area contributed by atoms with Crippen molar-refractivity contribution in [3.8, 4) is 6.07 Å². The van der Waals surface area contributed by atoms with Crippen molar-refractivity contribution in [2.75, 3.05) is 7.11 Å². The van der Waals surface area contributed by atoms with Gasteiger partial charge in [0.15, 0.2) is 0 Å². The molecule has 0 unspecified atom stereocenters. The Morgan fingerprint density at radius 3 is 1.70 bits per heavy atom. The summed E-state index contributed by atoms with van der Waals surface area (Å²) in [6.07, 6.45) is 0.667. The average molecular weight is 145 g/mol. The van der Waals surface area contributed by atoms with Gasteiger partial charge in [-0.2, -0.15) is 5.26 Å². The van der Waals surface area contributed by atoms with Crippen molar-refractivity contribution < 1.29 is 9.90 Å². The summed E-state index contributed by atoms with van der Waals surface area (Å²) in [6, 6.07) is 1.75. The second kappa shape index (κ2) is 24.3. The van der Waals surface area contributed by atoms with Crippen LogP contribution < -0.4 is 0 Å². The lowest BCUT2D eigenvalue weighted by Gasteiger charge is -1.71. The van der Waals surface area contributed by atoms with Crippen molar-refractivity contribution in [2.24, 2.45) is 0 Å². The zero-order valence-electron chi connectivity index (χ0n) is 7.01. The van der Waals surface area contributed by atoms with Crippen LogP contribution in [0.1, 0.15) is 27.2 Å². The molecule has 0 radical (unpaired) electrons. The van der Waals surface area contributed by atoms with E-state index < -0.39 is 0 Å². The van der Waals surface area contributed by atoms with Crippen molar-refractivity contribution in [2.45, 2.75) is 27.2 Å². The summed E-state index contributed by atoms with van der Waals surface area (Å²) >= 11 is 0. The second-order valence-corrected chi connectivity index (χ2v) is 1.28. The summed E-state index contributed by atoms with van der Waals surface area (Å²) in [7, 11) is 1.00. The maximum absolute atomic E-state index is 9.81. The van der Waals surface area contributed by atoms with Gasteiger partial charge in [0.05, 0.1) is 6.07 Å². The monoisotopic (exact) mass is 145 g/mol. The Hall–Kier alpha value is -0.880. The Morgan fingerprint density at radius 1 is 1.60 bits per heavy atom. The molecule has 0 fully saturated rings. The fraction of sp³-hybridized carbons (Fsp3) is 0.714. The smallest absolute Gasteiger partial charge is 0.129 e. The Balaban J connectivity index is -0.0000000847. The minimum absolute atomic E-state index is 0.255. The normalized spacial score (nSPS) is 5.20. The summed E-state index contributed by atoms with van der Waals surface area (Å²) in [5.41, 5.74) is 0. The minimum atomic E-state index is 0.255. The van der Waals surface area contributed by atoms with Crippen LogP contribution in [0.5, 0.6) is 0 Å². The number of nitriles is 1. The maximum Gasteiger partial charge on any atom is 0.129 e. The Kier molecular flexibility index (Phi) is 38.9. The number of Topliss-reactive ketones (excluding diaryl/α,β-unsaturated/α-hetero) is 1. The molecule has 3 heteroatoms. The molecule has 0 amide bonds. The van der Waals surface area contributed by atoms with E-state index in [1.54, 1.807) is 13.0 Å². The molecule has 0 aliphatic rings. The highest BCUT2D eigenvalue weighted by atomic mass is 16.2. The van der Waals surface area contributed by atoms with E-state index in [1.165, 1.54) is 6.92 Å². The molecule has 0 aromatic rings. The molecule has 3 nitrogen and oxygen atoms in total. The van der Waals surface area contributed by atoms with Gasteiger partial charge in [-0.15, -0.1) is 0 Å². The van der Waals surface area contributed by atoms with Gasteiger partial charge in [-0.1, -0.05) is 6.92 Å². The van der Waals surface area contributed by atoms with Crippen LogP contribution in [0.3, 0.4) is 0 Å². The predicted molar refractivity (Wildman–Crippen MR) is 40.4 cm³/mol. The molecule has 0 saturated carbocycles. The number of carbonyl (C=O) groups excluding carboxylic acids is 1. The molecule has 0 atom stereocenters. The third-order valence-electron chi connectivity index (χ3n) is 0.498. The van der Waals surface area contributed by atoms with E-state index >= 15 is 0 Å². The molecule has 0 saturated heterocycles. The van der Waals surface area contributed by atoms with E-state index in [2.05, 4.69) is 0 Å². The Bertz CT molecular complexity index is 94.3. The number of carbonyl (C=O) groups is 1. The van der Waals surface area contributed by atoms with Gasteiger partial charge in [-0.25, -0.2) is 0 Å². The molecule has 0 bridgehead atoms. The fourth-order valence-corrected chi connectivity index (χ4v) is 0. The summed E-state index contributed by atoms with van der Waals surface area (Å²) < 4.78 is 0. The van der Waals surface area contributed by atoms with E-state index in [1.807, 2.05) is 6.92 Å². The van der Waals surface area contributed by atoms with Gasteiger partial charge in [0.2, 0.25) is 0 Å². The van der Waals surface area contributed by atoms with Crippen LogP contribution >= 0.6 is 0 Å². The fourth-order valence-electron chi connectivity index (χ4n) is 0. The standard InChI is InChI=1S/C4H8O.C2H3N.CH4O/c1-3-4(2)5;1-2-3;1-2/h3H2,1-2H3;1H3;2H,1H3. The summed E-state index contributed by atoms with van der Waals surface area (Å²) in [5.74, 6) is 0.255. The molecule has 0 aromatic carbocycles. The van der Waals surface area contributed by atoms with Gasteiger partial charge in [0.25, 0.3) is 0 Å². The van der Waals surface area contributed by atoms with Crippen LogP contribution in [-0.2, 0) is 4.79 Å². The lowest BCUT2D eigenvalue weighted by molar-refractivity contribution is -0.116. The molecule has 0 aromatic heterocycles. The number of aliphatic hydroxyl groups is 1. The van der Waals surface area contributed by atoms with Crippen molar-refractivity contribution >= 4 is 5.78 Å². The molecule has 0 heterocycles. The first kappa shape index (κ1) is 16.1. The van der Waals surface area contributed by atoms with Gasteiger partial charge in [0.1, 0.15) is 5.78 Å². The average Bonchev–Trinajstić information content (AvgIpc) is 1.94. The summed E-state index contributed by atoms with van der Waals surface area (Å²) in [4.78, 5) is 9.81. The van der Waals surface area contributed by atoms with Crippen molar-refractivity contribution in [3.05, 3.63) is 0 Å². The first-order chi connectivity index (χ1) is 4.68. The molecule has 0 aliphatic heterocycles.